The molecule has 1 aliphatic heterocycles. The first-order valence-electron chi connectivity index (χ1n) is 9.94. The number of hydrogen-bond acceptors (Lipinski definition) is 4. The first-order valence-corrected chi connectivity index (χ1v) is 9.94. The third kappa shape index (κ3) is 6.91. The van der Waals surface area contributed by atoms with Gasteiger partial charge in [0.2, 0.25) is 5.91 Å². The molecule has 0 aromatic heterocycles. The van der Waals surface area contributed by atoms with Gasteiger partial charge in [-0.1, -0.05) is 45.0 Å². The van der Waals surface area contributed by atoms with Gasteiger partial charge in [0.15, 0.2) is 0 Å². The summed E-state index contributed by atoms with van der Waals surface area (Å²) in [6, 6.07) is 8.07. The Hall–Kier alpha value is -1.43. The molecule has 0 spiro atoms. The predicted molar refractivity (Wildman–Crippen MR) is 107 cm³/mol. The first-order chi connectivity index (χ1) is 12.8. The van der Waals surface area contributed by atoms with E-state index in [0.717, 1.165) is 25.1 Å². The summed E-state index contributed by atoms with van der Waals surface area (Å²) in [5, 5.41) is 10.4. The molecule has 152 valence electrons. The van der Waals surface area contributed by atoms with E-state index in [9.17, 15) is 9.90 Å². The fourth-order valence-electron chi connectivity index (χ4n) is 3.38. The molecule has 1 amide bonds. The maximum atomic E-state index is 12.4. The highest BCUT2D eigenvalue weighted by atomic mass is 16.5. The topological polar surface area (TPSA) is 59.0 Å². The van der Waals surface area contributed by atoms with Gasteiger partial charge in [0.1, 0.15) is 0 Å². The molecule has 5 heteroatoms. The minimum absolute atomic E-state index is 0.0963. The molecule has 5 nitrogen and oxygen atoms in total. The maximum Gasteiger partial charge on any atom is 0.222 e. The van der Waals surface area contributed by atoms with Gasteiger partial charge in [-0.25, -0.2) is 0 Å². The molecule has 0 saturated carbocycles. The average Bonchev–Trinajstić information content (AvgIpc) is 3.11. The standard InChI is InChI=1S/C22H35NO4/c1-22(2,3)19-7-5-18(6-8-19)20(24)9-10-21(25)23-12-11-17(15-23)16-27-14-13-26-4/h5-8,17,20,24H,9-16H2,1-4H3/t17-,20+/m0/s1. The van der Waals surface area contributed by atoms with Crippen molar-refractivity contribution in [3.8, 4) is 0 Å². The number of methoxy groups -OCH3 is 1. The number of ether oxygens (including phenoxy) is 2. The number of rotatable bonds is 9. The number of benzene rings is 1. The first kappa shape index (κ1) is 21.9. The third-order valence-electron chi connectivity index (χ3n) is 5.22. The number of carbonyl (C=O) groups excluding carboxylic acids is 1. The molecule has 0 bridgehead atoms. The number of aliphatic hydroxyl groups excluding tert-OH is 1. The summed E-state index contributed by atoms with van der Waals surface area (Å²) in [4.78, 5) is 14.3. The number of aliphatic hydroxyl groups is 1. The van der Waals surface area contributed by atoms with E-state index in [-0.39, 0.29) is 11.3 Å². The lowest BCUT2D eigenvalue weighted by atomic mass is 9.86. The van der Waals surface area contributed by atoms with E-state index in [1.165, 1.54) is 5.56 Å². The third-order valence-corrected chi connectivity index (χ3v) is 5.22. The monoisotopic (exact) mass is 377 g/mol. The van der Waals surface area contributed by atoms with Crippen LogP contribution in [0.5, 0.6) is 0 Å². The number of hydrogen-bond donors (Lipinski definition) is 1. The van der Waals surface area contributed by atoms with Crippen LogP contribution in [0, 0.1) is 5.92 Å². The van der Waals surface area contributed by atoms with E-state index in [1.54, 1.807) is 7.11 Å². The highest BCUT2D eigenvalue weighted by Gasteiger charge is 2.26. The Balaban J connectivity index is 1.73. The fourth-order valence-corrected chi connectivity index (χ4v) is 3.38. The van der Waals surface area contributed by atoms with Crippen LogP contribution >= 0.6 is 0 Å². The van der Waals surface area contributed by atoms with Crippen molar-refractivity contribution in [2.75, 3.05) is 40.0 Å². The van der Waals surface area contributed by atoms with Gasteiger partial charge in [0.25, 0.3) is 0 Å². The fraction of sp³-hybridized carbons (Fsp3) is 0.682. The van der Waals surface area contributed by atoms with Crippen LogP contribution < -0.4 is 0 Å². The van der Waals surface area contributed by atoms with Crippen LogP contribution in [0.1, 0.15) is 57.3 Å². The molecular formula is C22H35NO4. The largest absolute Gasteiger partial charge is 0.388 e. The minimum Gasteiger partial charge on any atom is -0.388 e. The van der Waals surface area contributed by atoms with E-state index in [1.807, 2.05) is 17.0 Å². The highest BCUT2D eigenvalue weighted by Crippen LogP contribution is 2.26. The molecule has 0 unspecified atom stereocenters. The van der Waals surface area contributed by atoms with E-state index in [4.69, 9.17) is 9.47 Å². The summed E-state index contributed by atoms with van der Waals surface area (Å²) in [6.45, 7) is 9.92. The van der Waals surface area contributed by atoms with Crippen LogP contribution in [0.2, 0.25) is 0 Å². The average molecular weight is 378 g/mol. The van der Waals surface area contributed by atoms with Gasteiger partial charge >= 0.3 is 0 Å². The zero-order chi connectivity index (χ0) is 19.9. The van der Waals surface area contributed by atoms with Gasteiger partial charge in [-0.15, -0.1) is 0 Å². The molecule has 1 N–H and O–H groups in total. The van der Waals surface area contributed by atoms with Crippen LogP contribution in [0.15, 0.2) is 24.3 Å². The second kappa shape index (κ2) is 10.2. The smallest absolute Gasteiger partial charge is 0.222 e. The van der Waals surface area contributed by atoms with Crippen LogP contribution in [0.4, 0.5) is 0 Å². The van der Waals surface area contributed by atoms with E-state index >= 15 is 0 Å². The van der Waals surface area contributed by atoms with Gasteiger partial charge in [-0.3, -0.25) is 4.79 Å². The number of nitrogens with zero attached hydrogens (tertiary/aromatic N) is 1. The highest BCUT2D eigenvalue weighted by molar-refractivity contribution is 5.76. The second-order valence-corrected chi connectivity index (χ2v) is 8.49. The lowest BCUT2D eigenvalue weighted by Crippen LogP contribution is -2.29. The summed E-state index contributed by atoms with van der Waals surface area (Å²) in [7, 11) is 1.66. The molecule has 2 atom stereocenters. The molecule has 1 aromatic rings. The molecule has 2 rings (SSSR count). The molecule has 1 saturated heterocycles. The van der Waals surface area contributed by atoms with Gasteiger partial charge in [-0.2, -0.15) is 0 Å². The van der Waals surface area contributed by atoms with Crippen molar-refractivity contribution in [2.45, 2.75) is 51.6 Å². The Morgan fingerprint density at radius 1 is 1.26 bits per heavy atom. The van der Waals surface area contributed by atoms with Crippen molar-refractivity contribution >= 4 is 5.91 Å². The summed E-state index contributed by atoms with van der Waals surface area (Å²) < 4.78 is 10.5. The Bertz CT molecular complexity index is 579. The Kier molecular flexibility index (Phi) is 8.27. The normalized spacial score (nSPS) is 18.7. The van der Waals surface area contributed by atoms with Gasteiger partial charge in [-0.05, 0) is 29.4 Å². The van der Waals surface area contributed by atoms with Crippen molar-refractivity contribution < 1.29 is 19.4 Å². The number of carbonyl (C=O) groups is 1. The quantitative estimate of drug-likeness (QED) is 0.671. The SMILES string of the molecule is COCCOC[C@H]1CCN(C(=O)CC[C@@H](O)c2ccc(C(C)(C)C)cc2)C1. The van der Waals surface area contributed by atoms with Crippen LogP contribution in [-0.2, 0) is 19.7 Å². The molecule has 27 heavy (non-hydrogen) atoms. The molecule has 1 aromatic carbocycles. The summed E-state index contributed by atoms with van der Waals surface area (Å²) >= 11 is 0. The van der Waals surface area contributed by atoms with E-state index < -0.39 is 6.10 Å². The van der Waals surface area contributed by atoms with Crippen LogP contribution in [0.25, 0.3) is 0 Å². The lowest BCUT2D eigenvalue weighted by Gasteiger charge is -2.20. The van der Waals surface area contributed by atoms with Crippen molar-refractivity contribution in [1.82, 2.24) is 4.90 Å². The molecular weight excluding hydrogens is 342 g/mol. The van der Waals surface area contributed by atoms with Crippen molar-refractivity contribution in [2.24, 2.45) is 5.92 Å². The van der Waals surface area contributed by atoms with Crippen molar-refractivity contribution in [3.63, 3.8) is 0 Å². The van der Waals surface area contributed by atoms with Crippen LogP contribution in [0.3, 0.4) is 0 Å². The van der Waals surface area contributed by atoms with Crippen LogP contribution in [-0.4, -0.2) is 55.9 Å². The summed E-state index contributed by atoms with van der Waals surface area (Å²) in [6.07, 6.45) is 1.22. The summed E-state index contributed by atoms with van der Waals surface area (Å²) in [5.74, 6) is 0.528. The van der Waals surface area contributed by atoms with Gasteiger partial charge in [0.05, 0.1) is 25.9 Å². The molecule has 1 fully saturated rings. The second-order valence-electron chi connectivity index (χ2n) is 8.49. The molecule has 1 aliphatic rings. The minimum atomic E-state index is -0.598. The van der Waals surface area contributed by atoms with Gasteiger partial charge in [0, 0.05) is 32.5 Å². The molecule has 0 aliphatic carbocycles. The van der Waals surface area contributed by atoms with E-state index in [0.29, 0.717) is 38.6 Å². The Morgan fingerprint density at radius 2 is 1.96 bits per heavy atom. The Morgan fingerprint density at radius 3 is 2.59 bits per heavy atom. The lowest BCUT2D eigenvalue weighted by molar-refractivity contribution is -0.131. The number of likely N-dealkylation sites (tertiary alicyclic amines) is 1. The summed E-state index contributed by atoms with van der Waals surface area (Å²) in [5.41, 5.74) is 2.21. The zero-order valence-electron chi connectivity index (χ0n) is 17.2. The Labute approximate surface area is 163 Å². The van der Waals surface area contributed by atoms with Gasteiger partial charge < -0.3 is 19.5 Å². The molecule has 0 radical (unpaired) electrons. The zero-order valence-corrected chi connectivity index (χ0v) is 17.2. The predicted octanol–water partition coefficient (Wildman–Crippen LogP) is 3.31. The number of amides is 1. The molecule has 1 heterocycles. The van der Waals surface area contributed by atoms with Crippen molar-refractivity contribution in [1.29, 1.82) is 0 Å². The van der Waals surface area contributed by atoms with Crippen molar-refractivity contribution in [3.05, 3.63) is 35.4 Å². The maximum absolute atomic E-state index is 12.4. The van der Waals surface area contributed by atoms with E-state index in [2.05, 4.69) is 32.9 Å².